The van der Waals surface area contributed by atoms with Gasteiger partial charge in [0.2, 0.25) is 0 Å². The Kier molecular flexibility index (Phi) is 6.43. The Balaban J connectivity index is 1.92. The molecule has 3 nitrogen and oxygen atoms in total. The smallest absolute Gasteiger partial charge is 0.192 e. The third kappa shape index (κ3) is 4.73. The number of piperidine rings is 1. The number of likely N-dealkylation sites (tertiary alicyclic amines) is 1. The van der Waals surface area contributed by atoms with Crippen molar-refractivity contribution in [2.45, 2.75) is 70.3 Å². The van der Waals surface area contributed by atoms with Crippen molar-refractivity contribution >= 4 is 8.32 Å². The molecule has 1 aromatic heterocycles. The zero-order chi connectivity index (χ0) is 20.4. The van der Waals surface area contributed by atoms with Gasteiger partial charge in [0.25, 0.3) is 0 Å². The summed E-state index contributed by atoms with van der Waals surface area (Å²) in [6.07, 6.45) is 5.77. The van der Waals surface area contributed by atoms with Gasteiger partial charge >= 0.3 is 0 Å². The van der Waals surface area contributed by atoms with E-state index in [2.05, 4.69) is 81.1 Å². The first-order valence-electron chi connectivity index (χ1n) is 10.6. The second-order valence-corrected chi connectivity index (χ2v) is 14.4. The minimum absolute atomic E-state index is 0.129. The van der Waals surface area contributed by atoms with Gasteiger partial charge < -0.3 is 9.33 Å². The van der Waals surface area contributed by atoms with Crippen molar-refractivity contribution in [3.8, 4) is 11.3 Å². The molecule has 0 spiro atoms. The maximum atomic E-state index is 7.03. The Morgan fingerprint density at radius 1 is 1.07 bits per heavy atom. The van der Waals surface area contributed by atoms with Crippen molar-refractivity contribution in [2.24, 2.45) is 0 Å². The molecule has 2 aromatic rings. The molecule has 1 fully saturated rings. The zero-order valence-electron chi connectivity index (χ0n) is 18.4. The molecule has 0 amide bonds. The Bertz CT molecular complexity index is 752. The molecule has 0 unspecified atom stereocenters. The monoisotopic (exact) mass is 396 g/mol. The van der Waals surface area contributed by atoms with Crippen LogP contribution in [0.1, 0.15) is 51.7 Å². The molecule has 28 heavy (non-hydrogen) atoms. The summed E-state index contributed by atoms with van der Waals surface area (Å²) < 4.78 is 7.03. The fraction of sp³-hybridized carbons (Fsp3) is 0.542. The van der Waals surface area contributed by atoms with E-state index in [1.165, 1.54) is 24.8 Å². The molecule has 4 heteroatoms. The minimum Gasteiger partial charge on any atom is -0.408 e. The number of hydrogen-bond donors (Lipinski definition) is 0. The van der Waals surface area contributed by atoms with Crippen LogP contribution < -0.4 is 0 Å². The number of likely N-dealkylation sites (N-methyl/N-ethyl adjacent to an activating group) is 1. The molecule has 2 heterocycles. The number of hydrogen-bond acceptors (Lipinski definition) is 3. The average molecular weight is 397 g/mol. The van der Waals surface area contributed by atoms with Crippen LogP contribution in [0.3, 0.4) is 0 Å². The molecule has 0 N–H and O–H groups in total. The van der Waals surface area contributed by atoms with Gasteiger partial charge in [0.05, 0.1) is 11.8 Å². The summed E-state index contributed by atoms with van der Waals surface area (Å²) in [4.78, 5) is 6.99. The summed E-state index contributed by atoms with van der Waals surface area (Å²) in [7, 11) is 0.377. The van der Waals surface area contributed by atoms with Crippen molar-refractivity contribution in [2.75, 3.05) is 13.6 Å². The highest BCUT2D eigenvalue weighted by molar-refractivity contribution is 6.74. The number of rotatable bonds is 5. The van der Waals surface area contributed by atoms with Crippen molar-refractivity contribution in [1.29, 1.82) is 0 Å². The summed E-state index contributed by atoms with van der Waals surface area (Å²) >= 11 is 0. The van der Waals surface area contributed by atoms with Crippen molar-refractivity contribution < 1.29 is 4.43 Å². The fourth-order valence-corrected chi connectivity index (χ4v) is 5.00. The molecule has 0 saturated carbocycles. The SMILES string of the molecule is CN1CCCC[C@H]1[C@@H](O[Si](C)(C)C(C)(C)C)c1ccc(-c2ccccn2)cc1. The van der Waals surface area contributed by atoms with E-state index in [9.17, 15) is 0 Å². The van der Waals surface area contributed by atoms with E-state index < -0.39 is 8.32 Å². The van der Waals surface area contributed by atoms with Crippen LogP contribution in [0.25, 0.3) is 11.3 Å². The van der Waals surface area contributed by atoms with Crippen LogP contribution in [-0.2, 0) is 4.43 Å². The molecular formula is C24H36N2OSi. The first-order valence-corrected chi connectivity index (χ1v) is 13.5. The maximum absolute atomic E-state index is 7.03. The second-order valence-electron chi connectivity index (χ2n) is 9.68. The maximum Gasteiger partial charge on any atom is 0.192 e. The van der Waals surface area contributed by atoms with Crippen LogP contribution in [0.4, 0.5) is 0 Å². The van der Waals surface area contributed by atoms with Crippen LogP contribution in [0, 0.1) is 0 Å². The lowest BCUT2D eigenvalue weighted by molar-refractivity contribution is 0.0478. The van der Waals surface area contributed by atoms with Crippen LogP contribution in [0.15, 0.2) is 48.7 Å². The fourth-order valence-electron chi connectivity index (χ4n) is 3.72. The Morgan fingerprint density at radius 3 is 2.36 bits per heavy atom. The standard InChI is InChI=1S/C24H36N2OSi/c1-24(2,3)28(5,6)27-23(22-12-8-10-18-26(22)4)20-15-13-19(14-16-20)21-11-7-9-17-25-21/h7,9,11,13-17,22-23H,8,10,12,18H2,1-6H3/t22-,23-/m0/s1. The van der Waals surface area contributed by atoms with Gasteiger partial charge in [-0.25, -0.2) is 0 Å². The summed E-state index contributed by atoms with van der Waals surface area (Å²) in [5, 5.41) is 0.201. The van der Waals surface area contributed by atoms with Gasteiger partial charge in [0.1, 0.15) is 0 Å². The predicted octanol–water partition coefficient (Wildman–Crippen LogP) is 6.30. The Hall–Kier alpha value is -1.49. The molecule has 3 rings (SSSR count). The highest BCUT2D eigenvalue weighted by atomic mass is 28.4. The third-order valence-electron chi connectivity index (χ3n) is 6.60. The summed E-state index contributed by atoms with van der Waals surface area (Å²) in [5.74, 6) is 0. The average Bonchev–Trinajstić information content (AvgIpc) is 2.67. The minimum atomic E-state index is -1.88. The van der Waals surface area contributed by atoms with Gasteiger partial charge in [-0.05, 0) is 62.3 Å². The summed E-state index contributed by atoms with van der Waals surface area (Å²) in [5.41, 5.74) is 3.47. The summed E-state index contributed by atoms with van der Waals surface area (Å²) in [6, 6.07) is 15.4. The molecular weight excluding hydrogens is 360 g/mol. The molecule has 1 aliphatic rings. The Morgan fingerprint density at radius 2 is 1.79 bits per heavy atom. The highest BCUT2D eigenvalue weighted by Gasteiger charge is 2.42. The van der Waals surface area contributed by atoms with Gasteiger partial charge in [-0.15, -0.1) is 0 Å². The van der Waals surface area contributed by atoms with Crippen molar-refractivity contribution in [3.05, 3.63) is 54.2 Å². The number of aromatic nitrogens is 1. The molecule has 152 valence electrons. The molecule has 0 radical (unpaired) electrons. The van der Waals surface area contributed by atoms with Crippen LogP contribution in [-0.4, -0.2) is 37.8 Å². The number of nitrogens with zero attached hydrogens (tertiary/aromatic N) is 2. The van der Waals surface area contributed by atoms with E-state index in [1.54, 1.807) is 0 Å². The second kappa shape index (κ2) is 8.48. The highest BCUT2D eigenvalue weighted by Crippen LogP contribution is 2.42. The lowest BCUT2D eigenvalue weighted by atomic mass is 9.93. The topological polar surface area (TPSA) is 25.4 Å². The van der Waals surface area contributed by atoms with E-state index in [-0.39, 0.29) is 11.1 Å². The first-order chi connectivity index (χ1) is 13.2. The van der Waals surface area contributed by atoms with E-state index in [1.807, 2.05) is 18.3 Å². The first kappa shape index (κ1) is 21.2. The molecule has 1 aromatic carbocycles. The quantitative estimate of drug-likeness (QED) is 0.555. The van der Waals surface area contributed by atoms with Gasteiger partial charge in [-0.2, -0.15) is 0 Å². The van der Waals surface area contributed by atoms with Gasteiger partial charge in [-0.3, -0.25) is 4.98 Å². The van der Waals surface area contributed by atoms with Crippen LogP contribution >= 0.6 is 0 Å². The molecule has 1 saturated heterocycles. The number of benzene rings is 1. The molecule has 0 aliphatic carbocycles. The lowest BCUT2D eigenvalue weighted by Crippen LogP contribution is -2.48. The van der Waals surface area contributed by atoms with Gasteiger partial charge in [0.15, 0.2) is 8.32 Å². The molecule has 1 aliphatic heterocycles. The summed E-state index contributed by atoms with van der Waals surface area (Å²) in [6.45, 7) is 12.9. The largest absolute Gasteiger partial charge is 0.408 e. The zero-order valence-corrected chi connectivity index (χ0v) is 19.4. The molecule has 0 bridgehead atoms. The normalized spacial score (nSPS) is 20.1. The van der Waals surface area contributed by atoms with E-state index in [0.29, 0.717) is 6.04 Å². The van der Waals surface area contributed by atoms with Crippen LogP contribution in [0.2, 0.25) is 18.1 Å². The lowest BCUT2D eigenvalue weighted by Gasteiger charge is -2.45. The van der Waals surface area contributed by atoms with Gasteiger partial charge in [-0.1, -0.05) is 57.5 Å². The van der Waals surface area contributed by atoms with E-state index >= 15 is 0 Å². The molecule has 2 atom stereocenters. The van der Waals surface area contributed by atoms with Crippen LogP contribution in [0.5, 0.6) is 0 Å². The van der Waals surface area contributed by atoms with Crippen molar-refractivity contribution in [1.82, 2.24) is 9.88 Å². The van der Waals surface area contributed by atoms with E-state index in [0.717, 1.165) is 17.8 Å². The predicted molar refractivity (Wildman–Crippen MR) is 121 cm³/mol. The third-order valence-corrected chi connectivity index (χ3v) is 11.1. The Labute approximate surface area is 172 Å². The van der Waals surface area contributed by atoms with E-state index in [4.69, 9.17) is 4.43 Å². The number of pyridine rings is 1. The van der Waals surface area contributed by atoms with Gasteiger partial charge in [0, 0.05) is 17.8 Å². The van der Waals surface area contributed by atoms with Crippen molar-refractivity contribution in [3.63, 3.8) is 0 Å².